The summed E-state index contributed by atoms with van der Waals surface area (Å²) in [6.45, 7) is 1.27. The van der Waals surface area contributed by atoms with E-state index < -0.39 is 0 Å². The standard InChI is InChI=1S/C21H26N2S/c1-23-12-4-7-19(23)13-18-15-24-21-8-2-5-17(14-20(18)21)16-6-3-10-22-11-9-16/h3,5,8-11,14,18-19H,2,4,6-7,12-13,15H2,1H3. The number of thioether (sulfide) groups is 1. The first-order chi connectivity index (χ1) is 11.8. The molecular weight excluding hydrogens is 312 g/mol. The van der Waals surface area contributed by atoms with Crippen molar-refractivity contribution in [3.05, 3.63) is 58.2 Å². The highest BCUT2D eigenvalue weighted by Crippen LogP contribution is 2.45. The summed E-state index contributed by atoms with van der Waals surface area (Å²) in [5.74, 6) is 1.97. The van der Waals surface area contributed by atoms with Crippen LogP contribution in [0.25, 0.3) is 0 Å². The highest BCUT2D eigenvalue weighted by Gasteiger charge is 2.32. The molecule has 0 amide bonds. The lowest BCUT2D eigenvalue weighted by molar-refractivity contribution is 0.279. The molecule has 2 nitrogen and oxygen atoms in total. The molecule has 3 heteroatoms. The highest BCUT2D eigenvalue weighted by molar-refractivity contribution is 8.03. The second-order valence-corrected chi connectivity index (χ2v) is 8.22. The van der Waals surface area contributed by atoms with Gasteiger partial charge in [-0.05, 0) is 74.4 Å². The summed E-state index contributed by atoms with van der Waals surface area (Å²) in [5, 5.41) is 0. The largest absolute Gasteiger partial charge is 0.303 e. The second kappa shape index (κ2) is 7.28. The average Bonchev–Trinajstić information content (AvgIpc) is 2.97. The molecule has 2 saturated heterocycles. The van der Waals surface area contributed by atoms with Crippen molar-refractivity contribution in [3.63, 3.8) is 0 Å². The van der Waals surface area contributed by atoms with Crippen molar-refractivity contribution in [3.8, 4) is 0 Å². The van der Waals surface area contributed by atoms with Crippen LogP contribution in [0.3, 0.4) is 0 Å². The first kappa shape index (κ1) is 16.2. The van der Waals surface area contributed by atoms with Gasteiger partial charge in [0.1, 0.15) is 0 Å². The van der Waals surface area contributed by atoms with Crippen molar-refractivity contribution in [1.82, 2.24) is 4.90 Å². The Morgan fingerprint density at radius 2 is 2.29 bits per heavy atom. The van der Waals surface area contributed by atoms with Crippen LogP contribution in [0.4, 0.5) is 0 Å². The fraction of sp³-hybridized carbons (Fsp3) is 0.476. The molecule has 0 spiro atoms. The molecule has 0 radical (unpaired) electrons. The lowest BCUT2D eigenvalue weighted by Crippen LogP contribution is -2.27. The normalized spacial score (nSPS) is 30.2. The van der Waals surface area contributed by atoms with Crippen LogP contribution in [0.1, 0.15) is 32.1 Å². The van der Waals surface area contributed by atoms with Gasteiger partial charge in [-0.3, -0.25) is 4.99 Å². The van der Waals surface area contributed by atoms with Crippen LogP contribution < -0.4 is 0 Å². The zero-order valence-electron chi connectivity index (χ0n) is 14.4. The minimum absolute atomic E-state index is 0.712. The van der Waals surface area contributed by atoms with Gasteiger partial charge in [-0.2, -0.15) is 0 Å². The molecule has 0 saturated carbocycles. The quantitative estimate of drug-likeness (QED) is 0.728. The van der Waals surface area contributed by atoms with E-state index in [0.29, 0.717) is 5.92 Å². The Kier molecular flexibility index (Phi) is 4.91. The van der Waals surface area contributed by atoms with E-state index in [1.165, 1.54) is 47.6 Å². The number of hydrogen-bond acceptors (Lipinski definition) is 3. The minimum Gasteiger partial charge on any atom is -0.303 e. The van der Waals surface area contributed by atoms with E-state index in [2.05, 4.69) is 59.1 Å². The van der Waals surface area contributed by atoms with E-state index in [4.69, 9.17) is 0 Å². The monoisotopic (exact) mass is 338 g/mol. The molecule has 2 fully saturated rings. The fourth-order valence-electron chi connectivity index (χ4n) is 4.18. The average molecular weight is 339 g/mol. The Balaban J connectivity index is 1.57. The summed E-state index contributed by atoms with van der Waals surface area (Å²) in [4.78, 5) is 8.34. The van der Waals surface area contributed by atoms with Crippen molar-refractivity contribution >= 4 is 18.0 Å². The molecule has 126 valence electrons. The van der Waals surface area contributed by atoms with Gasteiger partial charge in [0.15, 0.2) is 0 Å². The van der Waals surface area contributed by atoms with Crippen LogP contribution in [-0.4, -0.2) is 36.5 Å². The molecule has 2 unspecified atom stereocenters. The predicted molar refractivity (Wildman–Crippen MR) is 105 cm³/mol. The van der Waals surface area contributed by atoms with E-state index in [1.54, 1.807) is 5.57 Å². The Hall–Kier alpha value is -1.32. The van der Waals surface area contributed by atoms with Crippen LogP contribution in [-0.2, 0) is 0 Å². The molecule has 24 heavy (non-hydrogen) atoms. The summed E-state index contributed by atoms with van der Waals surface area (Å²) in [7, 11) is 2.30. The maximum atomic E-state index is 4.25. The van der Waals surface area contributed by atoms with E-state index in [0.717, 1.165) is 18.9 Å². The maximum absolute atomic E-state index is 4.25. The Labute approximate surface area is 149 Å². The van der Waals surface area contributed by atoms with E-state index in [1.807, 2.05) is 12.4 Å². The van der Waals surface area contributed by atoms with Crippen molar-refractivity contribution < 1.29 is 0 Å². The molecule has 0 aromatic heterocycles. The third kappa shape index (κ3) is 3.38. The second-order valence-electron chi connectivity index (χ2n) is 7.16. The highest BCUT2D eigenvalue weighted by atomic mass is 32.2. The van der Waals surface area contributed by atoms with Gasteiger partial charge in [0, 0.05) is 29.1 Å². The lowest BCUT2D eigenvalue weighted by atomic mass is 9.90. The Bertz CT molecular complexity index is 678. The topological polar surface area (TPSA) is 15.6 Å². The first-order valence-electron chi connectivity index (χ1n) is 9.14. The molecule has 4 rings (SSSR count). The smallest absolute Gasteiger partial charge is 0.0270 e. The van der Waals surface area contributed by atoms with E-state index in [-0.39, 0.29) is 0 Å². The molecule has 2 atom stereocenters. The SMILES string of the molecule is CN1CCCC1CC1CSC2=CCC=C(C3=CC=NC=CC3)C=C21. The Morgan fingerprint density at radius 3 is 3.17 bits per heavy atom. The van der Waals surface area contributed by atoms with Crippen molar-refractivity contribution in [1.29, 1.82) is 0 Å². The summed E-state index contributed by atoms with van der Waals surface area (Å²) in [5.41, 5.74) is 4.39. The summed E-state index contributed by atoms with van der Waals surface area (Å²) >= 11 is 2.07. The zero-order chi connectivity index (χ0) is 16.4. The van der Waals surface area contributed by atoms with Crippen molar-refractivity contribution in [2.75, 3.05) is 19.3 Å². The van der Waals surface area contributed by atoms with Gasteiger partial charge in [0.2, 0.25) is 0 Å². The maximum Gasteiger partial charge on any atom is 0.0270 e. The lowest BCUT2D eigenvalue weighted by Gasteiger charge is -2.23. The number of rotatable bonds is 3. The van der Waals surface area contributed by atoms with Crippen LogP contribution in [0, 0.1) is 5.92 Å². The van der Waals surface area contributed by atoms with Crippen molar-refractivity contribution in [2.24, 2.45) is 10.9 Å². The van der Waals surface area contributed by atoms with Crippen LogP contribution in [0.5, 0.6) is 0 Å². The third-order valence-electron chi connectivity index (χ3n) is 5.61. The number of aliphatic imine (C=N–C) groups is 1. The molecule has 0 bridgehead atoms. The van der Waals surface area contributed by atoms with Crippen LogP contribution in [0.15, 0.2) is 63.2 Å². The number of nitrogens with zero attached hydrogens (tertiary/aromatic N) is 2. The van der Waals surface area contributed by atoms with Gasteiger partial charge >= 0.3 is 0 Å². The van der Waals surface area contributed by atoms with Gasteiger partial charge in [0.05, 0.1) is 0 Å². The number of hydrogen-bond donors (Lipinski definition) is 0. The van der Waals surface area contributed by atoms with E-state index >= 15 is 0 Å². The van der Waals surface area contributed by atoms with E-state index in [9.17, 15) is 0 Å². The molecule has 3 aliphatic heterocycles. The molecule has 0 N–H and O–H groups in total. The van der Waals surface area contributed by atoms with Crippen LogP contribution >= 0.6 is 11.8 Å². The molecule has 0 aromatic rings. The summed E-state index contributed by atoms with van der Waals surface area (Å²) in [6.07, 6.45) is 21.5. The molecule has 4 aliphatic rings. The predicted octanol–water partition coefficient (Wildman–Crippen LogP) is 4.89. The zero-order valence-corrected chi connectivity index (χ0v) is 15.3. The first-order valence-corrected chi connectivity index (χ1v) is 10.1. The van der Waals surface area contributed by atoms with Crippen molar-refractivity contribution in [2.45, 2.75) is 38.1 Å². The Morgan fingerprint density at radius 1 is 1.33 bits per heavy atom. The van der Waals surface area contributed by atoms with Gasteiger partial charge < -0.3 is 4.90 Å². The number of fused-ring (bicyclic) bond motifs is 1. The van der Waals surface area contributed by atoms with Gasteiger partial charge in [-0.15, -0.1) is 11.8 Å². The van der Waals surface area contributed by atoms with Gasteiger partial charge in [-0.1, -0.05) is 24.3 Å². The number of likely N-dealkylation sites (tertiary alicyclic amines) is 1. The van der Waals surface area contributed by atoms with Crippen LogP contribution in [0.2, 0.25) is 0 Å². The molecule has 3 heterocycles. The fourth-order valence-corrected chi connectivity index (χ4v) is 5.48. The third-order valence-corrected chi connectivity index (χ3v) is 6.89. The summed E-state index contributed by atoms with van der Waals surface area (Å²) < 4.78 is 0. The minimum atomic E-state index is 0.712. The molecule has 0 aromatic carbocycles. The van der Waals surface area contributed by atoms with Gasteiger partial charge in [-0.25, -0.2) is 0 Å². The molecular formula is C21H26N2S. The van der Waals surface area contributed by atoms with Gasteiger partial charge in [0.25, 0.3) is 0 Å². The summed E-state index contributed by atoms with van der Waals surface area (Å²) in [6, 6.07) is 0.777. The number of allylic oxidation sites excluding steroid dienone is 8. The molecule has 1 aliphatic carbocycles.